The number of aromatic nitrogens is 4. The number of amides is 1. The third-order valence-electron chi connectivity index (χ3n) is 6.33. The molecule has 0 saturated carbocycles. The molecule has 204 valence electrons. The Morgan fingerprint density at radius 1 is 0.974 bits per heavy atom. The van der Waals surface area contributed by atoms with Crippen LogP contribution in [-0.2, 0) is 14.8 Å². The minimum atomic E-state index is -3.79. The molecule has 1 aliphatic heterocycles. The van der Waals surface area contributed by atoms with Crippen molar-refractivity contribution in [2.24, 2.45) is 0 Å². The number of rotatable bonds is 4. The van der Waals surface area contributed by atoms with Gasteiger partial charge in [0.05, 0.1) is 23.0 Å². The summed E-state index contributed by atoms with van der Waals surface area (Å²) < 4.78 is 34.1. The number of nitrogens with zero attached hydrogens (tertiary/aromatic N) is 6. The second kappa shape index (κ2) is 10.4. The average molecular weight is 661 g/mol. The van der Waals surface area contributed by atoms with E-state index < -0.39 is 15.6 Å². The molecule has 4 aromatic rings. The summed E-state index contributed by atoms with van der Waals surface area (Å²) in [5.74, 6) is 0.724. The van der Waals surface area contributed by atoms with Crippen LogP contribution in [0.5, 0.6) is 0 Å². The molecule has 0 N–H and O–H groups in total. The van der Waals surface area contributed by atoms with Gasteiger partial charge in [0.2, 0.25) is 0 Å². The van der Waals surface area contributed by atoms with Gasteiger partial charge in [0.1, 0.15) is 11.4 Å². The highest BCUT2D eigenvalue weighted by molar-refractivity contribution is 14.1. The van der Waals surface area contributed by atoms with E-state index >= 15 is 0 Å². The third kappa shape index (κ3) is 5.71. The molecule has 1 aromatic carbocycles. The van der Waals surface area contributed by atoms with E-state index in [1.165, 1.54) is 3.97 Å². The molecule has 39 heavy (non-hydrogen) atoms. The van der Waals surface area contributed by atoms with E-state index in [-0.39, 0.29) is 11.0 Å². The molecule has 1 aliphatic rings. The maximum Gasteiger partial charge on any atom is 0.410 e. The van der Waals surface area contributed by atoms with Crippen LogP contribution in [0.3, 0.4) is 0 Å². The molecule has 5 rings (SSSR count). The van der Waals surface area contributed by atoms with Gasteiger partial charge in [0.15, 0.2) is 5.65 Å². The molecular weight excluding hydrogens is 631 g/mol. The minimum Gasteiger partial charge on any atom is -0.444 e. The highest BCUT2D eigenvalue weighted by atomic mass is 127. The van der Waals surface area contributed by atoms with Crippen LogP contribution in [0.4, 0.5) is 10.6 Å². The second-order valence-corrected chi connectivity index (χ2v) is 13.4. The highest BCUT2D eigenvalue weighted by Gasteiger charge is 2.27. The summed E-state index contributed by atoms with van der Waals surface area (Å²) >= 11 is 2.12. The Morgan fingerprint density at radius 3 is 2.28 bits per heavy atom. The van der Waals surface area contributed by atoms with Crippen LogP contribution in [-0.4, -0.2) is 70.1 Å². The van der Waals surface area contributed by atoms with Gasteiger partial charge in [-0.15, -0.1) is 0 Å². The summed E-state index contributed by atoms with van der Waals surface area (Å²) in [5, 5.41) is 0.716. The maximum atomic E-state index is 13.3. The summed E-state index contributed by atoms with van der Waals surface area (Å²) in [6, 6.07) is 8.64. The van der Waals surface area contributed by atoms with Crippen LogP contribution in [0.1, 0.15) is 26.3 Å². The number of hydrogen-bond acceptors (Lipinski definition) is 8. The first-order valence-electron chi connectivity index (χ1n) is 12.5. The van der Waals surface area contributed by atoms with Crippen LogP contribution in [0.2, 0.25) is 0 Å². The van der Waals surface area contributed by atoms with Crippen LogP contribution < -0.4 is 4.90 Å². The SMILES string of the molecule is Cc1ccc(S(=O)(=O)n2cc(I)c3cc(-c4cnc(N5CCN(C(=O)OC(C)(C)C)CC5)cn4)cnc32)cc1. The van der Waals surface area contributed by atoms with Crippen molar-refractivity contribution in [2.75, 3.05) is 31.1 Å². The zero-order valence-corrected chi connectivity index (χ0v) is 25.1. The summed E-state index contributed by atoms with van der Waals surface area (Å²) in [6.07, 6.45) is 6.29. The number of ether oxygens (including phenoxy) is 1. The Bertz CT molecular complexity index is 1620. The van der Waals surface area contributed by atoms with E-state index in [4.69, 9.17) is 4.74 Å². The van der Waals surface area contributed by atoms with E-state index in [1.54, 1.807) is 54.0 Å². The molecule has 0 radical (unpaired) electrons. The molecule has 1 saturated heterocycles. The van der Waals surface area contributed by atoms with Crippen LogP contribution in [0, 0.1) is 10.5 Å². The molecule has 3 aromatic heterocycles. The van der Waals surface area contributed by atoms with Crippen molar-refractivity contribution in [1.82, 2.24) is 23.8 Å². The lowest BCUT2D eigenvalue weighted by Crippen LogP contribution is -2.50. The lowest BCUT2D eigenvalue weighted by atomic mass is 10.2. The van der Waals surface area contributed by atoms with Crippen molar-refractivity contribution in [2.45, 2.75) is 38.2 Å². The third-order valence-corrected chi connectivity index (χ3v) is 8.85. The molecule has 0 aliphatic carbocycles. The standard InChI is InChI=1S/C27H29IN6O4S/c1-18-5-7-20(8-6-18)39(36,37)34-17-22(28)21-13-19(14-31-25(21)34)23-15-30-24(16-29-23)32-9-11-33(12-10-32)26(35)38-27(2,3)4/h5-8,13-17H,9-12H2,1-4H3. The molecule has 1 fully saturated rings. The number of halogens is 1. The molecule has 4 heterocycles. The van der Waals surface area contributed by atoms with Crippen molar-refractivity contribution in [3.8, 4) is 11.3 Å². The Labute approximate surface area is 241 Å². The quantitative estimate of drug-likeness (QED) is 0.290. The number of aryl methyl sites for hydroxylation is 1. The average Bonchev–Trinajstić information content (AvgIpc) is 3.25. The fourth-order valence-corrected chi connectivity index (χ4v) is 6.46. The summed E-state index contributed by atoms with van der Waals surface area (Å²) in [7, 11) is -3.79. The number of benzene rings is 1. The Balaban J connectivity index is 1.33. The zero-order valence-electron chi connectivity index (χ0n) is 22.1. The van der Waals surface area contributed by atoms with E-state index in [9.17, 15) is 13.2 Å². The summed E-state index contributed by atoms with van der Waals surface area (Å²) in [4.78, 5) is 30.0. The van der Waals surface area contributed by atoms with Gasteiger partial charge >= 0.3 is 6.09 Å². The van der Waals surface area contributed by atoms with Crippen LogP contribution in [0.15, 0.2) is 60.0 Å². The normalized spacial score (nSPS) is 14.6. The van der Waals surface area contributed by atoms with Gasteiger partial charge in [-0.2, -0.15) is 0 Å². The summed E-state index contributed by atoms with van der Waals surface area (Å²) in [5.41, 5.74) is 2.18. The van der Waals surface area contributed by atoms with Gasteiger partial charge < -0.3 is 14.5 Å². The number of anilines is 1. The number of hydrogen-bond donors (Lipinski definition) is 0. The molecule has 0 atom stereocenters. The van der Waals surface area contributed by atoms with E-state index in [0.29, 0.717) is 42.9 Å². The first-order chi connectivity index (χ1) is 18.4. The fraction of sp³-hybridized carbons (Fsp3) is 0.333. The maximum absolute atomic E-state index is 13.3. The van der Waals surface area contributed by atoms with Crippen LogP contribution >= 0.6 is 22.6 Å². The van der Waals surface area contributed by atoms with E-state index in [2.05, 4.69) is 42.4 Å². The highest BCUT2D eigenvalue weighted by Crippen LogP contribution is 2.29. The first-order valence-corrected chi connectivity index (χ1v) is 15.0. The molecular formula is C27H29IN6O4S. The smallest absolute Gasteiger partial charge is 0.410 e. The van der Waals surface area contributed by atoms with Crippen molar-refractivity contribution in [3.63, 3.8) is 0 Å². The Kier molecular flexibility index (Phi) is 7.27. The van der Waals surface area contributed by atoms with Crippen molar-refractivity contribution < 1.29 is 17.9 Å². The van der Waals surface area contributed by atoms with Gasteiger partial charge in [-0.05, 0) is 68.5 Å². The van der Waals surface area contributed by atoms with Crippen molar-refractivity contribution in [3.05, 3.63) is 64.3 Å². The van der Waals surface area contributed by atoms with Crippen molar-refractivity contribution >= 4 is 55.6 Å². The molecule has 0 spiro atoms. The lowest BCUT2D eigenvalue weighted by molar-refractivity contribution is 0.0240. The summed E-state index contributed by atoms with van der Waals surface area (Å²) in [6.45, 7) is 9.82. The number of piperazine rings is 1. The largest absolute Gasteiger partial charge is 0.444 e. The van der Waals surface area contributed by atoms with Gasteiger partial charge in [0, 0.05) is 53.1 Å². The van der Waals surface area contributed by atoms with Crippen LogP contribution in [0.25, 0.3) is 22.3 Å². The topological polar surface area (TPSA) is 111 Å². The van der Waals surface area contributed by atoms with Gasteiger partial charge in [-0.1, -0.05) is 17.7 Å². The monoisotopic (exact) mass is 660 g/mol. The number of fused-ring (bicyclic) bond motifs is 1. The molecule has 0 unspecified atom stereocenters. The fourth-order valence-electron chi connectivity index (χ4n) is 4.27. The van der Waals surface area contributed by atoms with E-state index in [1.807, 2.05) is 33.8 Å². The second-order valence-electron chi connectivity index (χ2n) is 10.4. The minimum absolute atomic E-state index is 0.209. The molecule has 0 bridgehead atoms. The predicted octanol–water partition coefficient (Wildman–Crippen LogP) is 4.70. The van der Waals surface area contributed by atoms with Gasteiger partial charge in [0.25, 0.3) is 10.0 Å². The van der Waals surface area contributed by atoms with Gasteiger partial charge in [-0.3, -0.25) is 4.98 Å². The van der Waals surface area contributed by atoms with Crippen molar-refractivity contribution in [1.29, 1.82) is 0 Å². The Hall–Kier alpha value is -3.26. The van der Waals surface area contributed by atoms with E-state index in [0.717, 1.165) is 20.5 Å². The van der Waals surface area contributed by atoms with Gasteiger partial charge in [-0.25, -0.2) is 27.2 Å². The Morgan fingerprint density at radius 2 is 1.67 bits per heavy atom. The first kappa shape index (κ1) is 27.3. The number of carbonyl (C=O) groups is 1. The number of pyridine rings is 1. The number of carbonyl (C=O) groups excluding carboxylic acids is 1. The zero-order chi connectivity index (χ0) is 27.9. The lowest BCUT2D eigenvalue weighted by Gasteiger charge is -2.36. The predicted molar refractivity (Wildman–Crippen MR) is 157 cm³/mol. The molecule has 10 nitrogen and oxygen atoms in total. The molecule has 1 amide bonds. The molecule has 12 heteroatoms.